The number of hydrogen-bond donors (Lipinski definition) is 1. The van der Waals surface area contributed by atoms with Gasteiger partial charge in [0.05, 0.1) is 24.6 Å². The van der Waals surface area contributed by atoms with Crippen LogP contribution in [0.4, 0.5) is 0 Å². The standard InChI is InChI=1S/C22H19BrN4O4/c1-2-11-30-18-6-3-15(4-7-18)22(29)31-20-8-5-17(23)12-16(20)13-26-27-21(28)19-14-24-9-10-25-19/h3-10,12-14H,2,11H2,1H3,(H,27,28)/b26-13+. The molecule has 8 nitrogen and oxygen atoms in total. The van der Waals surface area contributed by atoms with E-state index in [1.165, 1.54) is 24.8 Å². The first-order valence-electron chi connectivity index (χ1n) is 9.41. The third-order valence-electron chi connectivity index (χ3n) is 3.90. The molecule has 0 aliphatic heterocycles. The Kier molecular flexibility index (Phi) is 7.83. The molecular weight excluding hydrogens is 464 g/mol. The van der Waals surface area contributed by atoms with Crippen molar-refractivity contribution in [2.24, 2.45) is 5.10 Å². The van der Waals surface area contributed by atoms with Gasteiger partial charge in [-0.05, 0) is 48.9 Å². The summed E-state index contributed by atoms with van der Waals surface area (Å²) in [5.74, 6) is -0.0587. The van der Waals surface area contributed by atoms with E-state index in [1.807, 2.05) is 6.92 Å². The lowest BCUT2D eigenvalue weighted by molar-refractivity contribution is 0.0734. The van der Waals surface area contributed by atoms with Crippen molar-refractivity contribution in [2.75, 3.05) is 6.61 Å². The van der Waals surface area contributed by atoms with Crippen LogP contribution in [0, 0.1) is 0 Å². The van der Waals surface area contributed by atoms with Crippen molar-refractivity contribution in [1.82, 2.24) is 15.4 Å². The second kappa shape index (κ2) is 11.0. The minimum atomic E-state index is -0.525. The smallest absolute Gasteiger partial charge is 0.343 e. The number of hydrogen-bond acceptors (Lipinski definition) is 7. The van der Waals surface area contributed by atoms with E-state index in [0.717, 1.165) is 10.9 Å². The molecule has 3 rings (SSSR count). The number of hydrazone groups is 1. The van der Waals surface area contributed by atoms with E-state index in [0.29, 0.717) is 23.5 Å². The van der Waals surface area contributed by atoms with Crippen molar-refractivity contribution in [1.29, 1.82) is 0 Å². The molecule has 9 heteroatoms. The highest BCUT2D eigenvalue weighted by Gasteiger charge is 2.12. The molecule has 0 bridgehead atoms. The van der Waals surface area contributed by atoms with Crippen molar-refractivity contribution >= 4 is 34.0 Å². The minimum Gasteiger partial charge on any atom is -0.494 e. The van der Waals surface area contributed by atoms with Gasteiger partial charge in [0.15, 0.2) is 0 Å². The summed E-state index contributed by atoms with van der Waals surface area (Å²) in [5.41, 5.74) is 3.36. The quantitative estimate of drug-likeness (QED) is 0.225. The first-order valence-corrected chi connectivity index (χ1v) is 10.2. The molecule has 0 saturated carbocycles. The normalized spacial score (nSPS) is 10.6. The third kappa shape index (κ3) is 6.45. The van der Waals surface area contributed by atoms with E-state index in [2.05, 4.69) is 36.4 Å². The van der Waals surface area contributed by atoms with Crippen LogP contribution >= 0.6 is 15.9 Å². The molecule has 1 aromatic heterocycles. The Labute approximate surface area is 187 Å². The molecule has 0 aliphatic rings. The number of esters is 1. The van der Waals surface area contributed by atoms with E-state index in [-0.39, 0.29) is 11.4 Å². The van der Waals surface area contributed by atoms with Gasteiger partial charge in [0.1, 0.15) is 17.2 Å². The molecule has 0 radical (unpaired) electrons. The number of halogens is 1. The Morgan fingerprint density at radius 2 is 1.97 bits per heavy atom. The van der Waals surface area contributed by atoms with Gasteiger partial charge in [0.2, 0.25) is 0 Å². The van der Waals surface area contributed by atoms with Gasteiger partial charge in [0.25, 0.3) is 5.91 Å². The summed E-state index contributed by atoms with van der Waals surface area (Å²) in [6, 6.07) is 11.8. The van der Waals surface area contributed by atoms with Crippen LogP contribution in [0.1, 0.15) is 39.8 Å². The highest BCUT2D eigenvalue weighted by atomic mass is 79.9. The van der Waals surface area contributed by atoms with E-state index in [4.69, 9.17) is 9.47 Å². The Morgan fingerprint density at radius 3 is 2.68 bits per heavy atom. The van der Waals surface area contributed by atoms with Crippen molar-refractivity contribution in [3.8, 4) is 11.5 Å². The number of amides is 1. The molecule has 2 aromatic carbocycles. The van der Waals surface area contributed by atoms with Gasteiger partial charge in [-0.15, -0.1) is 0 Å². The zero-order chi connectivity index (χ0) is 22.1. The van der Waals surface area contributed by atoms with Gasteiger partial charge in [0, 0.05) is 22.4 Å². The molecule has 1 amide bonds. The van der Waals surface area contributed by atoms with Crippen molar-refractivity contribution < 1.29 is 19.1 Å². The van der Waals surface area contributed by atoms with Crippen LogP contribution < -0.4 is 14.9 Å². The highest BCUT2D eigenvalue weighted by Crippen LogP contribution is 2.23. The molecule has 3 aromatic rings. The lowest BCUT2D eigenvalue weighted by atomic mass is 10.2. The van der Waals surface area contributed by atoms with Gasteiger partial charge >= 0.3 is 5.97 Å². The fraction of sp³-hybridized carbons (Fsp3) is 0.136. The van der Waals surface area contributed by atoms with Crippen LogP contribution in [-0.2, 0) is 0 Å². The molecule has 1 N–H and O–H groups in total. The van der Waals surface area contributed by atoms with Gasteiger partial charge in [-0.1, -0.05) is 22.9 Å². The highest BCUT2D eigenvalue weighted by molar-refractivity contribution is 9.10. The third-order valence-corrected chi connectivity index (χ3v) is 4.40. The molecule has 31 heavy (non-hydrogen) atoms. The predicted octanol–water partition coefficient (Wildman–Crippen LogP) is 4.01. The summed E-state index contributed by atoms with van der Waals surface area (Å²) in [5, 5.41) is 3.92. The summed E-state index contributed by atoms with van der Waals surface area (Å²) < 4.78 is 11.8. The largest absolute Gasteiger partial charge is 0.494 e. The lowest BCUT2D eigenvalue weighted by Gasteiger charge is -2.09. The van der Waals surface area contributed by atoms with Crippen LogP contribution in [0.25, 0.3) is 0 Å². The Bertz CT molecular complexity index is 1070. The maximum atomic E-state index is 12.5. The second-order valence-corrected chi connectivity index (χ2v) is 7.15. The number of nitrogens with zero attached hydrogens (tertiary/aromatic N) is 3. The minimum absolute atomic E-state index is 0.131. The second-order valence-electron chi connectivity index (χ2n) is 6.23. The average Bonchev–Trinajstić information content (AvgIpc) is 2.80. The van der Waals surface area contributed by atoms with Gasteiger partial charge < -0.3 is 9.47 Å². The van der Waals surface area contributed by atoms with E-state index in [1.54, 1.807) is 42.5 Å². The topological polar surface area (TPSA) is 103 Å². The molecule has 158 valence electrons. The maximum Gasteiger partial charge on any atom is 0.343 e. The Hall–Kier alpha value is -3.59. The number of nitrogens with one attached hydrogen (secondary N) is 1. The lowest BCUT2D eigenvalue weighted by Crippen LogP contribution is -2.19. The fourth-order valence-electron chi connectivity index (χ4n) is 2.41. The number of ether oxygens (including phenoxy) is 2. The SMILES string of the molecule is CCCOc1ccc(C(=O)Oc2ccc(Br)cc2/C=N/NC(=O)c2cnccn2)cc1. The van der Waals surface area contributed by atoms with E-state index in [9.17, 15) is 9.59 Å². The van der Waals surface area contributed by atoms with Crippen LogP contribution in [0.2, 0.25) is 0 Å². The van der Waals surface area contributed by atoms with Crippen molar-refractivity contribution in [2.45, 2.75) is 13.3 Å². The Morgan fingerprint density at radius 1 is 1.16 bits per heavy atom. The fourth-order valence-corrected chi connectivity index (χ4v) is 2.79. The van der Waals surface area contributed by atoms with Gasteiger partial charge in [-0.25, -0.2) is 15.2 Å². The summed E-state index contributed by atoms with van der Waals surface area (Å²) in [6.45, 7) is 2.63. The summed E-state index contributed by atoms with van der Waals surface area (Å²) in [6.07, 6.45) is 6.48. The number of carbonyl (C=O) groups excluding carboxylic acids is 2. The van der Waals surface area contributed by atoms with Crippen LogP contribution in [0.15, 0.2) is 70.6 Å². The number of carbonyl (C=O) groups is 2. The molecule has 0 spiro atoms. The summed E-state index contributed by atoms with van der Waals surface area (Å²) in [4.78, 5) is 32.3. The van der Waals surface area contributed by atoms with Gasteiger partial charge in [-0.2, -0.15) is 5.10 Å². The van der Waals surface area contributed by atoms with Crippen LogP contribution in [0.5, 0.6) is 11.5 Å². The van der Waals surface area contributed by atoms with Crippen LogP contribution in [0.3, 0.4) is 0 Å². The molecule has 0 aliphatic carbocycles. The van der Waals surface area contributed by atoms with E-state index < -0.39 is 11.9 Å². The number of benzene rings is 2. The summed E-state index contributed by atoms with van der Waals surface area (Å²) >= 11 is 3.37. The zero-order valence-corrected chi connectivity index (χ0v) is 18.2. The van der Waals surface area contributed by atoms with E-state index >= 15 is 0 Å². The van der Waals surface area contributed by atoms with Crippen LogP contribution in [-0.4, -0.2) is 34.7 Å². The molecule has 0 saturated heterocycles. The molecule has 0 atom stereocenters. The van der Waals surface area contributed by atoms with Crippen molar-refractivity contribution in [3.05, 3.63) is 82.3 Å². The summed E-state index contributed by atoms with van der Waals surface area (Å²) in [7, 11) is 0. The zero-order valence-electron chi connectivity index (χ0n) is 16.6. The number of aromatic nitrogens is 2. The molecule has 1 heterocycles. The monoisotopic (exact) mass is 482 g/mol. The average molecular weight is 483 g/mol. The Balaban J connectivity index is 1.69. The van der Waals surface area contributed by atoms with Crippen molar-refractivity contribution in [3.63, 3.8) is 0 Å². The molecule has 0 fully saturated rings. The first-order chi connectivity index (χ1) is 15.1. The first kappa shape index (κ1) is 22.1. The molecule has 0 unspecified atom stereocenters. The molecular formula is C22H19BrN4O4. The predicted molar refractivity (Wildman–Crippen MR) is 118 cm³/mol. The van der Waals surface area contributed by atoms with Gasteiger partial charge in [-0.3, -0.25) is 9.78 Å². The number of rotatable bonds is 8. The maximum absolute atomic E-state index is 12.5.